The molecule has 0 radical (unpaired) electrons. The monoisotopic (exact) mass is 251 g/mol. The van der Waals surface area contributed by atoms with Gasteiger partial charge < -0.3 is 11.1 Å². The second kappa shape index (κ2) is 5.16. The number of halogens is 1. The Hall–Kier alpha value is -1.91. The summed E-state index contributed by atoms with van der Waals surface area (Å²) in [5, 5.41) is 9.99. The van der Waals surface area contributed by atoms with Gasteiger partial charge in [-0.05, 0) is 17.7 Å². The van der Waals surface area contributed by atoms with Crippen molar-refractivity contribution >= 4 is 11.7 Å². The zero-order valence-corrected chi connectivity index (χ0v) is 10.8. The van der Waals surface area contributed by atoms with Gasteiger partial charge in [-0.15, -0.1) is 0 Å². The molecule has 0 aliphatic rings. The molecule has 18 heavy (non-hydrogen) atoms. The van der Waals surface area contributed by atoms with Crippen LogP contribution in [-0.4, -0.2) is 11.7 Å². The average Bonchev–Trinajstić information content (AvgIpc) is 2.25. The summed E-state index contributed by atoms with van der Waals surface area (Å²) in [5.41, 5.74) is 5.56. The smallest absolute Gasteiger partial charge is 0.225 e. The fraction of sp³-hybridized carbons (Fsp3) is 0.385. The second-order valence-electron chi connectivity index (χ2n) is 5.16. The van der Waals surface area contributed by atoms with Gasteiger partial charge in [0.15, 0.2) is 0 Å². The maximum absolute atomic E-state index is 13.3. The molecule has 0 saturated carbocycles. The Bertz CT molecular complexity index is 478. The lowest BCUT2D eigenvalue weighted by Crippen LogP contribution is -2.34. The van der Waals surface area contributed by atoms with Crippen molar-refractivity contribution in [2.45, 2.75) is 27.3 Å². The van der Waals surface area contributed by atoms with Crippen molar-refractivity contribution in [3.8, 4) is 0 Å². The summed E-state index contributed by atoms with van der Waals surface area (Å²) < 4.78 is 13.3. The van der Waals surface area contributed by atoms with Gasteiger partial charge in [0.25, 0.3) is 0 Å². The van der Waals surface area contributed by atoms with Crippen molar-refractivity contribution < 1.29 is 9.18 Å². The predicted octanol–water partition coefficient (Wildman–Crippen LogP) is 1.77. The van der Waals surface area contributed by atoms with Crippen LogP contribution in [0.25, 0.3) is 0 Å². The lowest BCUT2D eigenvalue weighted by atomic mass is 9.95. The SMILES string of the molecule is CC(C)(C)C(=O)NCc1ccc(F)c(C(=N)N)c1. The van der Waals surface area contributed by atoms with Crippen LogP contribution in [0.4, 0.5) is 4.39 Å². The molecule has 4 N–H and O–H groups in total. The second-order valence-corrected chi connectivity index (χ2v) is 5.16. The minimum atomic E-state index is -0.534. The Morgan fingerprint density at radius 1 is 1.44 bits per heavy atom. The van der Waals surface area contributed by atoms with Gasteiger partial charge in [0.05, 0.1) is 5.56 Å². The molecule has 1 aromatic rings. The fourth-order valence-corrected chi connectivity index (χ4v) is 1.34. The zero-order valence-electron chi connectivity index (χ0n) is 10.8. The van der Waals surface area contributed by atoms with E-state index in [9.17, 15) is 9.18 Å². The molecule has 0 spiro atoms. The number of carbonyl (C=O) groups is 1. The summed E-state index contributed by atoms with van der Waals surface area (Å²) in [5.74, 6) is -0.943. The van der Waals surface area contributed by atoms with Crippen LogP contribution in [0.5, 0.6) is 0 Å². The van der Waals surface area contributed by atoms with E-state index in [1.54, 1.807) is 6.07 Å². The fourth-order valence-electron chi connectivity index (χ4n) is 1.34. The molecule has 0 atom stereocenters. The maximum atomic E-state index is 13.3. The summed E-state index contributed by atoms with van der Waals surface area (Å²) in [6, 6.07) is 4.28. The molecule has 1 amide bonds. The largest absolute Gasteiger partial charge is 0.384 e. The summed E-state index contributed by atoms with van der Waals surface area (Å²) in [6.45, 7) is 5.73. The molecular formula is C13H18FN3O. The lowest BCUT2D eigenvalue weighted by molar-refractivity contribution is -0.128. The standard InChI is InChI=1S/C13H18FN3O/c1-13(2,3)12(18)17-7-8-4-5-10(14)9(6-8)11(15)16/h4-6H,7H2,1-3H3,(H3,15,16)(H,17,18). The number of nitrogens with one attached hydrogen (secondary N) is 2. The van der Waals surface area contributed by atoms with Crippen molar-refractivity contribution in [3.05, 3.63) is 35.1 Å². The van der Waals surface area contributed by atoms with E-state index in [1.165, 1.54) is 12.1 Å². The van der Waals surface area contributed by atoms with E-state index < -0.39 is 11.2 Å². The van der Waals surface area contributed by atoms with Crippen LogP contribution in [0.3, 0.4) is 0 Å². The molecule has 4 nitrogen and oxygen atoms in total. The molecule has 0 heterocycles. The number of hydrogen-bond donors (Lipinski definition) is 3. The van der Waals surface area contributed by atoms with Crippen molar-refractivity contribution in [1.82, 2.24) is 5.32 Å². The highest BCUT2D eigenvalue weighted by Gasteiger charge is 2.20. The molecule has 98 valence electrons. The van der Waals surface area contributed by atoms with Crippen LogP contribution < -0.4 is 11.1 Å². The predicted molar refractivity (Wildman–Crippen MR) is 68.7 cm³/mol. The Kier molecular flexibility index (Phi) is 4.06. The highest BCUT2D eigenvalue weighted by molar-refractivity contribution is 5.95. The molecule has 0 fully saturated rings. The Balaban J connectivity index is 2.78. The molecule has 0 aliphatic carbocycles. The first-order valence-electron chi connectivity index (χ1n) is 5.63. The quantitative estimate of drug-likeness (QED) is 0.565. The topological polar surface area (TPSA) is 79.0 Å². The van der Waals surface area contributed by atoms with Crippen LogP contribution in [0.1, 0.15) is 31.9 Å². The summed E-state index contributed by atoms with van der Waals surface area (Å²) in [4.78, 5) is 11.7. The van der Waals surface area contributed by atoms with Gasteiger partial charge in [0.2, 0.25) is 5.91 Å². The molecular weight excluding hydrogens is 233 g/mol. The molecule has 1 rings (SSSR count). The molecule has 0 unspecified atom stereocenters. The van der Waals surface area contributed by atoms with Crippen molar-refractivity contribution in [2.75, 3.05) is 0 Å². The normalized spacial score (nSPS) is 11.1. The first-order valence-corrected chi connectivity index (χ1v) is 5.63. The van der Waals surface area contributed by atoms with Crippen LogP contribution in [0.2, 0.25) is 0 Å². The average molecular weight is 251 g/mol. The highest BCUT2D eigenvalue weighted by Crippen LogP contribution is 2.14. The van der Waals surface area contributed by atoms with Gasteiger partial charge in [-0.3, -0.25) is 10.2 Å². The van der Waals surface area contributed by atoms with Gasteiger partial charge >= 0.3 is 0 Å². The number of hydrogen-bond acceptors (Lipinski definition) is 2. The molecule has 1 aromatic carbocycles. The third kappa shape index (κ3) is 3.55. The van der Waals surface area contributed by atoms with E-state index in [-0.39, 0.29) is 23.9 Å². The third-order valence-electron chi connectivity index (χ3n) is 2.46. The van der Waals surface area contributed by atoms with E-state index in [0.29, 0.717) is 5.56 Å². The minimum absolute atomic E-state index is 0.0532. The van der Waals surface area contributed by atoms with Crippen molar-refractivity contribution in [2.24, 2.45) is 11.1 Å². The number of nitrogen functional groups attached to an aromatic ring is 1. The van der Waals surface area contributed by atoms with Crippen LogP contribution in [0, 0.1) is 16.6 Å². The molecule has 0 aliphatic heterocycles. The van der Waals surface area contributed by atoms with Crippen LogP contribution in [0.15, 0.2) is 18.2 Å². The Morgan fingerprint density at radius 3 is 2.56 bits per heavy atom. The number of benzene rings is 1. The highest BCUT2D eigenvalue weighted by atomic mass is 19.1. The third-order valence-corrected chi connectivity index (χ3v) is 2.46. The number of nitrogens with two attached hydrogens (primary N) is 1. The van der Waals surface area contributed by atoms with E-state index in [0.717, 1.165) is 0 Å². The maximum Gasteiger partial charge on any atom is 0.225 e. The van der Waals surface area contributed by atoms with Crippen molar-refractivity contribution in [1.29, 1.82) is 5.41 Å². The number of amides is 1. The first-order chi connectivity index (χ1) is 8.21. The van der Waals surface area contributed by atoms with Gasteiger partial charge in [-0.2, -0.15) is 0 Å². The van der Waals surface area contributed by atoms with E-state index in [2.05, 4.69) is 5.32 Å². The summed E-state index contributed by atoms with van der Waals surface area (Å²) in [7, 11) is 0. The molecule has 0 aromatic heterocycles. The number of amidine groups is 1. The molecule has 0 saturated heterocycles. The first kappa shape index (κ1) is 14.2. The number of carbonyl (C=O) groups excluding carboxylic acids is 1. The van der Waals surface area contributed by atoms with E-state index in [1.807, 2.05) is 20.8 Å². The minimum Gasteiger partial charge on any atom is -0.384 e. The lowest BCUT2D eigenvalue weighted by Gasteiger charge is -2.17. The Labute approximate surface area is 106 Å². The van der Waals surface area contributed by atoms with Crippen LogP contribution >= 0.6 is 0 Å². The zero-order chi connectivity index (χ0) is 13.9. The summed E-state index contributed by atoms with van der Waals surface area (Å²) >= 11 is 0. The van der Waals surface area contributed by atoms with E-state index in [4.69, 9.17) is 11.1 Å². The van der Waals surface area contributed by atoms with E-state index >= 15 is 0 Å². The molecule has 5 heteroatoms. The van der Waals surface area contributed by atoms with Gasteiger partial charge in [0, 0.05) is 12.0 Å². The Morgan fingerprint density at radius 2 is 2.06 bits per heavy atom. The summed E-state index contributed by atoms with van der Waals surface area (Å²) in [6.07, 6.45) is 0. The molecule has 0 bridgehead atoms. The van der Waals surface area contributed by atoms with Crippen LogP contribution in [-0.2, 0) is 11.3 Å². The van der Waals surface area contributed by atoms with Gasteiger partial charge in [0.1, 0.15) is 11.7 Å². The number of rotatable bonds is 3. The van der Waals surface area contributed by atoms with Gasteiger partial charge in [-0.25, -0.2) is 4.39 Å². The van der Waals surface area contributed by atoms with Gasteiger partial charge in [-0.1, -0.05) is 26.8 Å². The van der Waals surface area contributed by atoms with Crippen molar-refractivity contribution in [3.63, 3.8) is 0 Å².